The van der Waals surface area contributed by atoms with E-state index in [9.17, 15) is 4.80 Å². The van der Waals surface area contributed by atoms with Crippen LogP contribution < -0.4 is 0 Å². The van der Waals surface area contributed by atoms with Gasteiger partial charge in [-0.1, -0.05) is 5.70 Å². The van der Waals surface area contributed by atoms with E-state index in [0.717, 1.165) is 0 Å². The first-order valence-corrected chi connectivity index (χ1v) is 3.85. The van der Waals surface area contributed by atoms with E-state index in [0.29, 0.717) is 0 Å². The fourth-order valence-electron chi connectivity index (χ4n) is 0. The Bertz CT molecular complexity index is 33.9. The maximum absolute atomic E-state index is 9.92. The minimum absolute atomic E-state index is 1.50. The summed E-state index contributed by atoms with van der Waals surface area (Å²) in [7, 11) is -1.64. The van der Waals surface area contributed by atoms with Crippen molar-refractivity contribution >= 4 is 9.04 Å². The Morgan fingerprint density at radius 3 is 2.20 bits per heavy atom. The molecule has 0 saturated carbocycles. The predicted octanol–water partition coefficient (Wildman–Crippen LogP) is 0.496. The third-order valence-corrected chi connectivity index (χ3v) is 0.996. The summed E-state index contributed by atoms with van der Waals surface area (Å²) in [6, 6.07) is 0. The van der Waals surface area contributed by atoms with Crippen LogP contribution in [0.15, 0.2) is 12.3 Å². The zero-order chi connectivity index (χ0) is 4.28. The van der Waals surface area contributed by atoms with Gasteiger partial charge in [-0.3, -0.25) is 4.80 Å². The molecule has 0 aromatic heterocycles. The van der Waals surface area contributed by atoms with E-state index in [4.69, 9.17) is 0 Å². The molecule has 1 atom stereocenters. The van der Waals surface area contributed by atoms with Gasteiger partial charge < -0.3 is 0 Å². The summed E-state index contributed by atoms with van der Waals surface area (Å²) >= 11 is 0. The lowest BCUT2D eigenvalue weighted by molar-refractivity contribution is 0.464. The Morgan fingerprint density at radius 2 is 2.20 bits per heavy atom. The van der Waals surface area contributed by atoms with Crippen molar-refractivity contribution in [3.8, 4) is 0 Å². The van der Waals surface area contributed by atoms with Crippen LogP contribution in [-0.4, -0.2) is 9.04 Å². The molecule has 0 rings (SSSR count). The van der Waals surface area contributed by atoms with E-state index in [2.05, 4.69) is 6.58 Å². The lowest BCUT2D eigenvalue weighted by Crippen LogP contribution is -1.94. The molecule has 0 aliphatic heterocycles. The summed E-state index contributed by atoms with van der Waals surface area (Å²) < 4.78 is 0. The molecule has 0 amide bonds. The molecular weight excluding hydrogens is 80.1 g/mol. The van der Waals surface area contributed by atoms with Crippen LogP contribution in [0.25, 0.3) is 0 Å². The SMILES string of the molecule is C=C[SiH](C)[O]. The van der Waals surface area contributed by atoms with Crippen LogP contribution in [-0.2, 0) is 4.80 Å². The van der Waals surface area contributed by atoms with Gasteiger partial charge in [-0.25, -0.2) is 0 Å². The van der Waals surface area contributed by atoms with Crippen molar-refractivity contribution in [2.75, 3.05) is 0 Å². The molecule has 0 saturated heterocycles. The van der Waals surface area contributed by atoms with Gasteiger partial charge in [0.05, 0.1) is 0 Å². The molecule has 1 radical (unpaired) electrons. The smallest absolute Gasteiger partial charge is 0.242 e. The van der Waals surface area contributed by atoms with Gasteiger partial charge in [0.25, 0.3) is 0 Å². The molecule has 0 fully saturated rings. The molecule has 5 heavy (non-hydrogen) atoms. The highest BCUT2D eigenvalue weighted by atomic mass is 28.3. The zero-order valence-electron chi connectivity index (χ0n) is 3.27. The molecule has 0 aliphatic rings. The van der Waals surface area contributed by atoms with Gasteiger partial charge in [-0.2, -0.15) is 0 Å². The van der Waals surface area contributed by atoms with E-state index in [1.54, 1.807) is 6.55 Å². The quantitative estimate of drug-likeness (QED) is 0.415. The fourth-order valence-corrected chi connectivity index (χ4v) is 0. The summed E-state index contributed by atoms with van der Waals surface area (Å²) in [6.07, 6.45) is 0. The molecule has 0 spiro atoms. The minimum atomic E-state index is -1.64. The standard InChI is InChI=1S/C3H7OSi/c1-3-5(2)4/h3,5H,1H2,2H3. The molecule has 2 heteroatoms. The number of rotatable bonds is 1. The fraction of sp³-hybridized carbons (Fsp3) is 0.333. The first-order chi connectivity index (χ1) is 2.27. The summed E-state index contributed by atoms with van der Waals surface area (Å²) in [4.78, 5) is 9.92. The minimum Gasteiger partial charge on any atom is -0.297 e. The normalized spacial score (nSPS) is 14.0. The van der Waals surface area contributed by atoms with Gasteiger partial charge >= 0.3 is 0 Å². The number of hydrogen-bond acceptors (Lipinski definition) is 0. The van der Waals surface area contributed by atoms with Gasteiger partial charge in [-0.05, 0) is 6.55 Å². The van der Waals surface area contributed by atoms with Crippen molar-refractivity contribution in [2.24, 2.45) is 0 Å². The molecule has 0 aliphatic carbocycles. The van der Waals surface area contributed by atoms with E-state index in [1.165, 1.54) is 5.70 Å². The van der Waals surface area contributed by atoms with Crippen molar-refractivity contribution in [3.63, 3.8) is 0 Å². The Hall–Kier alpha value is -0.0831. The van der Waals surface area contributed by atoms with Crippen LogP contribution >= 0.6 is 0 Å². The summed E-state index contributed by atoms with van der Waals surface area (Å²) in [5, 5.41) is 0. The lowest BCUT2D eigenvalue weighted by Gasteiger charge is -1.75. The Labute approximate surface area is 33.7 Å². The summed E-state index contributed by atoms with van der Waals surface area (Å²) in [5.74, 6) is 0. The van der Waals surface area contributed by atoms with Crippen LogP contribution in [0.5, 0.6) is 0 Å². The van der Waals surface area contributed by atoms with E-state index in [-0.39, 0.29) is 0 Å². The second kappa shape index (κ2) is 2.17. The predicted molar refractivity (Wildman–Crippen MR) is 23.9 cm³/mol. The van der Waals surface area contributed by atoms with Crippen LogP contribution in [0.1, 0.15) is 0 Å². The Kier molecular flexibility index (Phi) is 2.14. The van der Waals surface area contributed by atoms with Gasteiger partial charge in [0.2, 0.25) is 9.04 Å². The van der Waals surface area contributed by atoms with Crippen molar-refractivity contribution in [1.29, 1.82) is 0 Å². The van der Waals surface area contributed by atoms with Crippen LogP contribution in [0.4, 0.5) is 0 Å². The second-order valence-electron chi connectivity index (χ2n) is 0.941. The first-order valence-electron chi connectivity index (χ1n) is 1.55. The number of hydrogen-bond donors (Lipinski definition) is 0. The van der Waals surface area contributed by atoms with Crippen LogP contribution in [0.3, 0.4) is 0 Å². The van der Waals surface area contributed by atoms with Gasteiger partial charge in [-0.15, -0.1) is 6.58 Å². The highest BCUT2D eigenvalue weighted by Gasteiger charge is 1.84. The topological polar surface area (TPSA) is 19.9 Å². The van der Waals surface area contributed by atoms with Crippen molar-refractivity contribution in [2.45, 2.75) is 6.55 Å². The van der Waals surface area contributed by atoms with Crippen molar-refractivity contribution < 1.29 is 4.80 Å². The molecule has 1 unspecified atom stereocenters. The largest absolute Gasteiger partial charge is 0.297 e. The summed E-state index contributed by atoms with van der Waals surface area (Å²) in [5.41, 5.74) is 1.50. The second-order valence-corrected chi connectivity index (χ2v) is 2.82. The molecule has 1 nitrogen and oxygen atoms in total. The van der Waals surface area contributed by atoms with Gasteiger partial charge in [0.1, 0.15) is 0 Å². The van der Waals surface area contributed by atoms with E-state index < -0.39 is 9.04 Å². The van der Waals surface area contributed by atoms with E-state index in [1.807, 2.05) is 0 Å². The van der Waals surface area contributed by atoms with Gasteiger partial charge in [0, 0.05) is 0 Å². The third kappa shape index (κ3) is 3.92. The van der Waals surface area contributed by atoms with Crippen molar-refractivity contribution in [3.05, 3.63) is 12.3 Å². The lowest BCUT2D eigenvalue weighted by atomic mass is 11.3. The zero-order valence-corrected chi connectivity index (χ0v) is 4.42. The molecule has 29 valence electrons. The summed E-state index contributed by atoms with van der Waals surface area (Å²) in [6.45, 7) is 5.00. The first kappa shape index (κ1) is 4.92. The van der Waals surface area contributed by atoms with Crippen LogP contribution in [0.2, 0.25) is 6.55 Å². The molecule has 0 heterocycles. The molecule has 0 aromatic carbocycles. The van der Waals surface area contributed by atoms with Crippen LogP contribution in [0, 0.1) is 0 Å². The maximum Gasteiger partial charge on any atom is 0.242 e. The average molecular weight is 87.2 g/mol. The Balaban J connectivity index is 2.83. The maximum atomic E-state index is 9.92. The molecular formula is C3H7OSi. The third-order valence-electron chi connectivity index (χ3n) is 0.332. The monoisotopic (exact) mass is 87.0 g/mol. The average Bonchev–Trinajstić information content (AvgIpc) is 1.38. The van der Waals surface area contributed by atoms with E-state index >= 15 is 0 Å². The highest BCUT2D eigenvalue weighted by Crippen LogP contribution is 1.69. The highest BCUT2D eigenvalue weighted by molar-refractivity contribution is 6.54. The Morgan fingerprint density at radius 1 is 2.00 bits per heavy atom. The molecule has 0 bridgehead atoms. The van der Waals surface area contributed by atoms with Gasteiger partial charge in [0.15, 0.2) is 0 Å². The molecule has 0 N–H and O–H groups in total. The van der Waals surface area contributed by atoms with Crippen molar-refractivity contribution in [1.82, 2.24) is 0 Å². The molecule has 0 aromatic rings.